The molecule has 0 bridgehead atoms. The van der Waals surface area contributed by atoms with E-state index in [1.807, 2.05) is 31.3 Å². The SMILES string of the molecule is CN(CCCO)c1cccc(Cl)c1. The van der Waals surface area contributed by atoms with Gasteiger partial charge in [0.25, 0.3) is 0 Å². The number of nitrogens with zero attached hydrogens (tertiary/aromatic N) is 1. The molecule has 13 heavy (non-hydrogen) atoms. The zero-order valence-electron chi connectivity index (χ0n) is 7.70. The number of benzene rings is 1. The Labute approximate surface area is 83.7 Å². The number of hydrogen-bond donors (Lipinski definition) is 1. The number of aliphatic hydroxyl groups is 1. The average Bonchev–Trinajstić information content (AvgIpc) is 2.14. The molecule has 0 heterocycles. The predicted octanol–water partition coefficient (Wildman–Crippen LogP) is 2.16. The molecule has 0 aliphatic rings. The number of halogens is 1. The normalized spacial score (nSPS) is 10.1. The lowest BCUT2D eigenvalue weighted by Crippen LogP contribution is -2.19. The van der Waals surface area contributed by atoms with Crippen molar-refractivity contribution in [2.24, 2.45) is 0 Å². The van der Waals surface area contributed by atoms with Gasteiger partial charge in [-0.15, -0.1) is 0 Å². The molecule has 1 N–H and O–H groups in total. The molecule has 2 nitrogen and oxygen atoms in total. The van der Waals surface area contributed by atoms with Crippen molar-refractivity contribution in [2.45, 2.75) is 6.42 Å². The van der Waals surface area contributed by atoms with E-state index in [0.717, 1.165) is 23.7 Å². The lowest BCUT2D eigenvalue weighted by molar-refractivity contribution is 0.290. The van der Waals surface area contributed by atoms with Crippen molar-refractivity contribution in [3.05, 3.63) is 29.3 Å². The van der Waals surface area contributed by atoms with Gasteiger partial charge in [0.2, 0.25) is 0 Å². The predicted molar refractivity (Wildman–Crippen MR) is 56.4 cm³/mol. The molecule has 0 radical (unpaired) electrons. The fourth-order valence-corrected chi connectivity index (χ4v) is 1.34. The summed E-state index contributed by atoms with van der Waals surface area (Å²) in [6.45, 7) is 1.07. The van der Waals surface area contributed by atoms with Crippen molar-refractivity contribution in [3.63, 3.8) is 0 Å². The lowest BCUT2D eigenvalue weighted by atomic mass is 10.3. The Hall–Kier alpha value is -0.730. The maximum atomic E-state index is 8.66. The minimum atomic E-state index is 0.227. The van der Waals surface area contributed by atoms with E-state index in [0.29, 0.717) is 0 Å². The quantitative estimate of drug-likeness (QED) is 0.804. The second-order valence-electron chi connectivity index (χ2n) is 2.98. The molecule has 0 aromatic heterocycles. The van der Waals surface area contributed by atoms with E-state index in [-0.39, 0.29) is 6.61 Å². The van der Waals surface area contributed by atoms with Crippen molar-refractivity contribution in [1.82, 2.24) is 0 Å². The van der Waals surface area contributed by atoms with Crippen LogP contribution in [0.3, 0.4) is 0 Å². The minimum absolute atomic E-state index is 0.227. The van der Waals surface area contributed by atoms with E-state index in [9.17, 15) is 0 Å². The van der Waals surface area contributed by atoms with Gasteiger partial charge in [-0.25, -0.2) is 0 Å². The maximum absolute atomic E-state index is 8.66. The Kier molecular flexibility index (Phi) is 4.06. The number of rotatable bonds is 4. The van der Waals surface area contributed by atoms with Gasteiger partial charge in [-0.2, -0.15) is 0 Å². The third kappa shape index (κ3) is 3.25. The van der Waals surface area contributed by atoms with Crippen LogP contribution in [-0.2, 0) is 0 Å². The zero-order chi connectivity index (χ0) is 9.68. The molecule has 1 rings (SSSR count). The molecule has 0 atom stereocenters. The second-order valence-corrected chi connectivity index (χ2v) is 3.42. The lowest BCUT2D eigenvalue weighted by Gasteiger charge is -2.18. The standard InChI is InChI=1S/C10H14ClNO/c1-12(6-3-7-13)10-5-2-4-9(11)8-10/h2,4-5,8,13H,3,6-7H2,1H3. The minimum Gasteiger partial charge on any atom is -0.396 e. The van der Waals surface area contributed by atoms with Crippen molar-refractivity contribution >= 4 is 17.3 Å². The largest absolute Gasteiger partial charge is 0.396 e. The summed E-state index contributed by atoms with van der Waals surface area (Å²) in [6.07, 6.45) is 0.781. The van der Waals surface area contributed by atoms with Crippen LogP contribution < -0.4 is 4.90 Å². The summed E-state index contributed by atoms with van der Waals surface area (Å²) in [4.78, 5) is 2.07. The molecule has 0 unspecified atom stereocenters. The van der Waals surface area contributed by atoms with Crippen LogP contribution in [0.15, 0.2) is 24.3 Å². The molecule has 0 amide bonds. The first kappa shape index (κ1) is 10.4. The van der Waals surface area contributed by atoms with Crippen molar-refractivity contribution in [3.8, 4) is 0 Å². The Morgan fingerprint density at radius 1 is 1.46 bits per heavy atom. The Bertz CT molecular complexity index is 265. The monoisotopic (exact) mass is 199 g/mol. The highest BCUT2D eigenvalue weighted by molar-refractivity contribution is 6.30. The van der Waals surface area contributed by atoms with Gasteiger partial charge < -0.3 is 10.0 Å². The summed E-state index contributed by atoms with van der Waals surface area (Å²) in [6, 6.07) is 7.69. The molecule has 0 saturated heterocycles. The summed E-state index contributed by atoms with van der Waals surface area (Å²) < 4.78 is 0. The Morgan fingerprint density at radius 3 is 2.85 bits per heavy atom. The molecule has 3 heteroatoms. The molecular weight excluding hydrogens is 186 g/mol. The molecule has 72 valence electrons. The third-order valence-electron chi connectivity index (χ3n) is 1.90. The Morgan fingerprint density at radius 2 is 2.23 bits per heavy atom. The van der Waals surface area contributed by atoms with Crippen LogP contribution in [0.4, 0.5) is 5.69 Å². The van der Waals surface area contributed by atoms with Crippen molar-refractivity contribution in [2.75, 3.05) is 25.1 Å². The van der Waals surface area contributed by atoms with Crippen molar-refractivity contribution in [1.29, 1.82) is 0 Å². The fraction of sp³-hybridized carbons (Fsp3) is 0.400. The molecule has 1 aromatic rings. The highest BCUT2D eigenvalue weighted by Gasteiger charge is 1.99. The first-order chi connectivity index (χ1) is 6.24. The van der Waals surface area contributed by atoms with Crippen LogP contribution in [0, 0.1) is 0 Å². The maximum Gasteiger partial charge on any atom is 0.0447 e. The molecule has 0 spiro atoms. The molecule has 1 aromatic carbocycles. The smallest absolute Gasteiger partial charge is 0.0447 e. The van der Waals surface area contributed by atoms with E-state index >= 15 is 0 Å². The molecular formula is C10H14ClNO. The molecule has 0 aliphatic heterocycles. The number of hydrogen-bond acceptors (Lipinski definition) is 2. The van der Waals surface area contributed by atoms with Gasteiger partial charge in [0.15, 0.2) is 0 Å². The van der Waals surface area contributed by atoms with E-state index in [2.05, 4.69) is 4.90 Å². The highest BCUT2D eigenvalue weighted by Crippen LogP contribution is 2.18. The number of aliphatic hydroxyl groups excluding tert-OH is 1. The first-order valence-electron chi connectivity index (χ1n) is 4.31. The van der Waals surface area contributed by atoms with Gasteiger partial charge in [-0.1, -0.05) is 17.7 Å². The van der Waals surface area contributed by atoms with Crippen LogP contribution >= 0.6 is 11.6 Å². The van der Waals surface area contributed by atoms with Crippen LogP contribution in [-0.4, -0.2) is 25.3 Å². The van der Waals surface area contributed by atoms with Crippen LogP contribution in [0.25, 0.3) is 0 Å². The Balaban J connectivity index is 2.60. The van der Waals surface area contributed by atoms with Gasteiger partial charge in [0.05, 0.1) is 0 Å². The summed E-state index contributed by atoms with van der Waals surface area (Å²) >= 11 is 5.85. The second kappa shape index (κ2) is 5.10. The van der Waals surface area contributed by atoms with E-state index in [4.69, 9.17) is 16.7 Å². The van der Waals surface area contributed by atoms with Gasteiger partial charge in [-0.3, -0.25) is 0 Å². The van der Waals surface area contributed by atoms with Crippen LogP contribution in [0.5, 0.6) is 0 Å². The summed E-state index contributed by atoms with van der Waals surface area (Å²) in [7, 11) is 1.99. The summed E-state index contributed by atoms with van der Waals surface area (Å²) in [5, 5.41) is 9.41. The van der Waals surface area contributed by atoms with Gasteiger partial charge in [0, 0.05) is 30.9 Å². The van der Waals surface area contributed by atoms with Crippen LogP contribution in [0.1, 0.15) is 6.42 Å². The van der Waals surface area contributed by atoms with E-state index in [1.165, 1.54) is 0 Å². The molecule has 0 aliphatic carbocycles. The first-order valence-corrected chi connectivity index (χ1v) is 4.69. The molecule has 0 saturated carbocycles. The highest BCUT2D eigenvalue weighted by atomic mass is 35.5. The van der Waals surface area contributed by atoms with E-state index in [1.54, 1.807) is 0 Å². The fourth-order valence-electron chi connectivity index (χ4n) is 1.15. The van der Waals surface area contributed by atoms with Gasteiger partial charge >= 0.3 is 0 Å². The molecule has 0 fully saturated rings. The van der Waals surface area contributed by atoms with Gasteiger partial charge in [0.1, 0.15) is 0 Å². The zero-order valence-corrected chi connectivity index (χ0v) is 8.46. The average molecular weight is 200 g/mol. The van der Waals surface area contributed by atoms with Crippen molar-refractivity contribution < 1.29 is 5.11 Å². The van der Waals surface area contributed by atoms with Gasteiger partial charge in [-0.05, 0) is 24.6 Å². The number of anilines is 1. The summed E-state index contributed by atoms with van der Waals surface area (Å²) in [5.41, 5.74) is 1.08. The summed E-state index contributed by atoms with van der Waals surface area (Å²) in [5.74, 6) is 0. The topological polar surface area (TPSA) is 23.5 Å². The van der Waals surface area contributed by atoms with E-state index < -0.39 is 0 Å². The third-order valence-corrected chi connectivity index (χ3v) is 2.14. The van der Waals surface area contributed by atoms with Crippen LogP contribution in [0.2, 0.25) is 5.02 Å².